The molecule has 3 unspecified atom stereocenters. The minimum Gasteiger partial charge on any atom is -0.370 e. The minimum absolute atomic E-state index is 0.634. The third-order valence-electron chi connectivity index (χ3n) is 2.76. The van der Waals surface area contributed by atoms with Gasteiger partial charge in [-0.05, 0) is 18.8 Å². The quantitative estimate of drug-likeness (QED) is 0.507. The monoisotopic (exact) mass is 139 g/mol. The second-order valence-electron chi connectivity index (χ2n) is 3.53. The van der Waals surface area contributed by atoms with Gasteiger partial charge in [-0.15, -0.1) is 0 Å². The number of hydrogen-bond donors (Lipinski definition) is 0. The van der Waals surface area contributed by atoms with Gasteiger partial charge in [-0.25, -0.2) is 0 Å². The Kier molecular flexibility index (Phi) is 1.69. The highest BCUT2D eigenvalue weighted by Crippen LogP contribution is 2.38. The highest BCUT2D eigenvalue weighted by atomic mass is 16.6. The molecule has 0 spiro atoms. The van der Waals surface area contributed by atoms with Crippen LogP contribution in [-0.2, 0) is 4.74 Å². The normalized spacial score (nSPS) is 45.9. The highest BCUT2D eigenvalue weighted by Gasteiger charge is 2.41. The Labute approximate surface area is 62.8 Å². The maximum absolute atomic E-state index is 5.46. The summed E-state index contributed by atoms with van der Waals surface area (Å²) in [4.78, 5) is 0. The predicted molar refractivity (Wildman–Crippen MR) is 40.6 cm³/mol. The number of ether oxygens (including phenoxy) is 1. The fourth-order valence-corrected chi connectivity index (χ4v) is 1.96. The molecular weight excluding hydrogens is 124 g/mol. The van der Waals surface area contributed by atoms with Gasteiger partial charge in [0.2, 0.25) is 0 Å². The molecule has 2 fully saturated rings. The molecule has 1 aliphatic carbocycles. The lowest BCUT2D eigenvalue weighted by Crippen LogP contribution is -2.00. The molecule has 3 atom stereocenters. The lowest BCUT2D eigenvalue weighted by molar-refractivity contribution is 0.298. The maximum atomic E-state index is 5.46. The van der Waals surface area contributed by atoms with Crippen LogP contribution in [0.25, 0.3) is 0 Å². The Morgan fingerprint density at radius 3 is 3.00 bits per heavy atom. The summed E-state index contributed by atoms with van der Waals surface area (Å²) in [5, 5.41) is 0. The summed E-state index contributed by atoms with van der Waals surface area (Å²) in [6.45, 7) is 3.95. The van der Waals surface area contributed by atoms with E-state index in [1.807, 2.05) is 0 Å². The van der Waals surface area contributed by atoms with Gasteiger partial charge in [-0.2, -0.15) is 0 Å². The van der Waals surface area contributed by atoms with Crippen molar-refractivity contribution < 1.29 is 4.74 Å². The lowest BCUT2D eigenvalue weighted by atomic mass is 9.97. The van der Waals surface area contributed by atoms with E-state index in [4.69, 9.17) is 4.74 Å². The number of hydrogen-bond acceptors (Lipinski definition) is 1. The van der Waals surface area contributed by atoms with Crippen LogP contribution in [0.4, 0.5) is 0 Å². The zero-order valence-electron chi connectivity index (χ0n) is 6.38. The molecule has 10 heavy (non-hydrogen) atoms. The average molecular weight is 139 g/mol. The van der Waals surface area contributed by atoms with Gasteiger partial charge in [0, 0.05) is 0 Å². The van der Waals surface area contributed by atoms with E-state index in [-0.39, 0.29) is 0 Å². The van der Waals surface area contributed by atoms with E-state index in [2.05, 4.69) is 6.92 Å². The van der Waals surface area contributed by atoms with Crippen molar-refractivity contribution in [2.45, 2.75) is 44.3 Å². The van der Waals surface area contributed by atoms with Crippen LogP contribution >= 0.6 is 0 Å². The summed E-state index contributed by atoms with van der Waals surface area (Å²) < 4.78 is 5.46. The Balaban J connectivity index is 1.88. The van der Waals surface area contributed by atoms with Crippen LogP contribution in [0.3, 0.4) is 0 Å². The first-order valence-corrected chi connectivity index (χ1v) is 4.35. The van der Waals surface area contributed by atoms with Crippen molar-refractivity contribution in [3.8, 4) is 0 Å². The van der Waals surface area contributed by atoms with Crippen molar-refractivity contribution in [1.29, 1.82) is 0 Å². The van der Waals surface area contributed by atoms with Crippen molar-refractivity contribution in [3.63, 3.8) is 0 Å². The van der Waals surface area contributed by atoms with Gasteiger partial charge in [0.1, 0.15) is 0 Å². The topological polar surface area (TPSA) is 12.5 Å². The fraction of sp³-hybridized carbons (Fsp3) is 0.889. The number of fused-ring (bicyclic) bond motifs is 1. The highest BCUT2D eigenvalue weighted by molar-refractivity contribution is 4.89. The van der Waals surface area contributed by atoms with Crippen LogP contribution in [0.1, 0.15) is 32.1 Å². The Morgan fingerprint density at radius 1 is 1.30 bits per heavy atom. The second-order valence-corrected chi connectivity index (χ2v) is 3.53. The van der Waals surface area contributed by atoms with Gasteiger partial charge < -0.3 is 4.74 Å². The van der Waals surface area contributed by atoms with Crippen LogP contribution in [0.2, 0.25) is 0 Å². The molecule has 0 N–H and O–H groups in total. The smallest absolute Gasteiger partial charge is 0.0844 e. The summed E-state index contributed by atoms with van der Waals surface area (Å²) in [6, 6.07) is 0. The molecule has 1 saturated carbocycles. The van der Waals surface area contributed by atoms with E-state index in [0.717, 1.165) is 12.3 Å². The summed E-state index contributed by atoms with van der Waals surface area (Å²) in [5.74, 6) is 0.859. The lowest BCUT2D eigenvalue weighted by Gasteiger charge is -2.09. The van der Waals surface area contributed by atoms with E-state index in [1.165, 1.54) is 25.7 Å². The zero-order chi connectivity index (χ0) is 6.97. The number of epoxide rings is 1. The fourth-order valence-electron chi connectivity index (χ4n) is 1.96. The summed E-state index contributed by atoms with van der Waals surface area (Å²) >= 11 is 0. The van der Waals surface area contributed by atoms with Gasteiger partial charge in [0.05, 0.1) is 12.2 Å². The molecule has 1 heteroatoms. The predicted octanol–water partition coefficient (Wildman–Crippen LogP) is 2.17. The van der Waals surface area contributed by atoms with Crippen molar-refractivity contribution >= 4 is 0 Å². The molecule has 0 aromatic carbocycles. The molecule has 0 aromatic rings. The summed E-state index contributed by atoms with van der Waals surface area (Å²) in [6.07, 6.45) is 7.73. The molecule has 57 valence electrons. The standard InChI is InChI=1S/C9H15O/c1-2-7-4-3-5-8-9(6-7)10-8/h7-9H,1-6H2. The molecule has 1 radical (unpaired) electrons. The van der Waals surface area contributed by atoms with Gasteiger partial charge in [-0.3, -0.25) is 0 Å². The van der Waals surface area contributed by atoms with Gasteiger partial charge in [-0.1, -0.05) is 26.2 Å². The molecule has 1 nitrogen and oxygen atoms in total. The van der Waals surface area contributed by atoms with E-state index < -0.39 is 0 Å². The molecular formula is C9H15O. The van der Waals surface area contributed by atoms with Gasteiger partial charge in [0.25, 0.3) is 0 Å². The van der Waals surface area contributed by atoms with Gasteiger partial charge >= 0.3 is 0 Å². The maximum Gasteiger partial charge on any atom is 0.0844 e. The van der Waals surface area contributed by atoms with Crippen LogP contribution in [-0.4, -0.2) is 12.2 Å². The van der Waals surface area contributed by atoms with Crippen molar-refractivity contribution in [1.82, 2.24) is 0 Å². The molecule has 0 bridgehead atoms. The van der Waals surface area contributed by atoms with E-state index in [0.29, 0.717) is 12.2 Å². The van der Waals surface area contributed by atoms with E-state index >= 15 is 0 Å². The van der Waals surface area contributed by atoms with Crippen molar-refractivity contribution in [2.75, 3.05) is 0 Å². The minimum atomic E-state index is 0.634. The Bertz CT molecular complexity index is 122. The SMILES string of the molecule is [CH2]CC1CCCC2OC2C1. The van der Waals surface area contributed by atoms with Crippen LogP contribution in [0.5, 0.6) is 0 Å². The van der Waals surface area contributed by atoms with Crippen LogP contribution in [0.15, 0.2) is 0 Å². The van der Waals surface area contributed by atoms with E-state index in [1.54, 1.807) is 0 Å². The first-order valence-electron chi connectivity index (χ1n) is 4.35. The zero-order valence-corrected chi connectivity index (χ0v) is 6.38. The van der Waals surface area contributed by atoms with Crippen LogP contribution in [0, 0.1) is 12.8 Å². The average Bonchev–Trinajstić information content (AvgIpc) is 2.61. The van der Waals surface area contributed by atoms with E-state index in [9.17, 15) is 0 Å². The van der Waals surface area contributed by atoms with Crippen molar-refractivity contribution in [3.05, 3.63) is 6.92 Å². The Hall–Kier alpha value is -0.0400. The summed E-state index contributed by atoms with van der Waals surface area (Å²) in [5.41, 5.74) is 0. The first kappa shape index (κ1) is 6.66. The molecule has 2 rings (SSSR count). The largest absolute Gasteiger partial charge is 0.370 e. The molecule has 1 saturated heterocycles. The van der Waals surface area contributed by atoms with Crippen molar-refractivity contribution in [2.24, 2.45) is 5.92 Å². The van der Waals surface area contributed by atoms with Crippen LogP contribution < -0.4 is 0 Å². The molecule has 1 heterocycles. The molecule has 0 aromatic heterocycles. The second kappa shape index (κ2) is 2.54. The third kappa shape index (κ3) is 1.20. The molecule has 1 aliphatic heterocycles. The summed E-state index contributed by atoms with van der Waals surface area (Å²) in [7, 11) is 0. The number of rotatable bonds is 1. The third-order valence-corrected chi connectivity index (χ3v) is 2.76. The Morgan fingerprint density at radius 2 is 2.20 bits per heavy atom. The molecule has 2 aliphatic rings. The van der Waals surface area contributed by atoms with Gasteiger partial charge in [0.15, 0.2) is 0 Å². The molecule has 0 amide bonds. The first-order chi connectivity index (χ1) is 4.90.